The van der Waals surface area contributed by atoms with Crippen LogP contribution in [0.25, 0.3) is 11.1 Å². The van der Waals surface area contributed by atoms with E-state index in [0.717, 1.165) is 0 Å². The van der Waals surface area contributed by atoms with Gasteiger partial charge in [0, 0.05) is 17.1 Å². The molecule has 1 aromatic heterocycles. The molecule has 1 aliphatic carbocycles. The van der Waals surface area contributed by atoms with Crippen LogP contribution >= 0.6 is 11.6 Å². The number of aliphatic hydroxyl groups excluding tert-OH is 1. The minimum atomic E-state index is -0.714. The number of nitrogens with one attached hydrogen (secondary N) is 1. The Labute approximate surface area is 207 Å². The van der Waals surface area contributed by atoms with Crippen molar-refractivity contribution in [1.82, 2.24) is 9.88 Å². The standard InChI is InChI=1S/C25H27ClFN3O5/c1-14-12-30(25(13-34-14)9-18(31)10-25)23(32)16-7-19-22(21(8-16)33-2)35-24(28-19)29-20(11-27)15-4-3-5-17(26)6-15/h3-8,14,18,20,31H,9-13H2,1-2H3,(H,28,29)/t14-,18?,20?,25?/m0/s1. The Morgan fingerprint density at radius 2 is 2.20 bits per heavy atom. The van der Waals surface area contributed by atoms with Crippen LogP contribution in [0.15, 0.2) is 40.8 Å². The van der Waals surface area contributed by atoms with Gasteiger partial charge in [-0.05, 0) is 49.6 Å². The van der Waals surface area contributed by atoms with Gasteiger partial charge in [0.05, 0.1) is 37.5 Å². The maximum absolute atomic E-state index is 13.8. The number of amides is 1. The van der Waals surface area contributed by atoms with E-state index in [1.54, 1.807) is 41.3 Å². The van der Waals surface area contributed by atoms with E-state index in [2.05, 4.69) is 10.3 Å². The van der Waals surface area contributed by atoms with E-state index < -0.39 is 24.4 Å². The number of hydrogen-bond acceptors (Lipinski definition) is 7. The van der Waals surface area contributed by atoms with E-state index in [4.69, 9.17) is 25.5 Å². The molecule has 2 aromatic carbocycles. The number of anilines is 1. The Kier molecular flexibility index (Phi) is 6.33. The molecule has 2 heterocycles. The van der Waals surface area contributed by atoms with Crippen LogP contribution < -0.4 is 10.1 Å². The van der Waals surface area contributed by atoms with Gasteiger partial charge in [-0.25, -0.2) is 4.39 Å². The summed E-state index contributed by atoms with van der Waals surface area (Å²) in [5, 5.41) is 13.4. The minimum absolute atomic E-state index is 0.101. The molecule has 1 spiro atoms. The van der Waals surface area contributed by atoms with Gasteiger partial charge in [0.2, 0.25) is 0 Å². The van der Waals surface area contributed by atoms with Crippen LogP contribution in [0.5, 0.6) is 5.75 Å². The number of halogens is 2. The van der Waals surface area contributed by atoms with E-state index in [0.29, 0.717) is 59.0 Å². The van der Waals surface area contributed by atoms with Crippen molar-refractivity contribution in [2.24, 2.45) is 0 Å². The normalized spacial score (nSPS) is 24.9. The number of aliphatic hydroxyl groups is 1. The highest BCUT2D eigenvalue weighted by atomic mass is 35.5. The van der Waals surface area contributed by atoms with Crippen LogP contribution in [0, 0.1) is 0 Å². The van der Waals surface area contributed by atoms with E-state index >= 15 is 0 Å². The summed E-state index contributed by atoms with van der Waals surface area (Å²) in [5.74, 6) is 0.153. The van der Waals surface area contributed by atoms with Crippen LogP contribution in [0.3, 0.4) is 0 Å². The Balaban J connectivity index is 1.45. The number of alkyl halides is 1. The molecule has 186 valence electrons. The van der Waals surface area contributed by atoms with Gasteiger partial charge in [0.1, 0.15) is 12.2 Å². The average molecular weight is 504 g/mol. The largest absolute Gasteiger partial charge is 0.493 e. The maximum atomic E-state index is 13.8. The molecule has 1 amide bonds. The van der Waals surface area contributed by atoms with Gasteiger partial charge >= 0.3 is 0 Å². The quantitative estimate of drug-likeness (QED) is 0.515. The number of nitrogens with zero attached hydrogens (tertiary/aromatic N) is 2. The number of morpholine rings is 1. The highest BCUT2D eigenvalue weighted by Crippen LogP contribution is 2.42. The summed E-state index contributed by atoms with van der Waals surface area (Å²) in [5.41, 5.74) is 1.29. The van der Waals surface area contributed by atoms with Gasteiger partial charge in [-0.2, -0.15) is 4.98 Å². The first kappa shape index (κ1) is 23.8. The lowest BCUT2D eigenvalue weighted by molar-refractivity contribution is -0.154. The number of fused-ring (bicyclic) bond motifs is 1. The Bertz CT molecular complexity index is 1250. The molecule has 5 rings (SSSR count). The van der Waals surface area contributed by atoms with Crippen LogP contribution in [0.1, 0.15) is 41.7 Å². The first-order chi connectivity index (χ1) is 16.8. The number of carbonyl (C=O) groups excluding carboxylic acids is 1. The van der Waals surface area contributed by atoms with E-state index in [1.165, 1.54) is 7.11 Å². The van der Waals surface area contributed by atoms with Crippen molar-refractivity contribution in [1.29, 1.82) is 0 Å². The molecule has 1 unspecified atom stereocenters. The summed E-state index contributed by atoms with van der Waals surface area (Å²) in [4.78, 5) is 19.9. The summed E-state index contributed by atoms with van der Waals surface area (Å²) in [6, 6.07) is 9.54. The fourth-order valence-electron chi connectivity index (χ4n) is 4.91. The molecule has 1 saturated carbocycles. The average Bonchev–Trinajstić information content (AvgIpc) is 3.24. The lowest BCUT2D eigenvalue weighted by Crippen LogP contribution is -2.68. The SMILES string of the molecule is COc1cc(C(=O)N2C[C@H](C)OCC23CC(O)C3)cc2nc(NC(CF)c3cccc(Cl)c3)oc12. The molecule has 0 bridgehead atoms. The highest BCUT2D eigenvalue weighted by Gasteiger charge is 2.53. The fourth-order valence-corrected chi connectivity index (χ4v) is 5.11. The summed E-state index contributed by atoms with van der Waals surface area (Å²) >= 11 is 6.05. The topological polar surface area (TPSA) is 97.1 Å². The van der Waals surface area contributed by atoms with Crippen LogP contribution in [0.4, 0.5) is 10.4 Å². The lowest BCUT2D eigenvalue weighted by atomic mass is 9.72. The smallest absolute Gasteiger partial charge is 0.296 e. The second-order valence-corrected chi connectivity index (χ2v) is 9.71. The monoisotopic (exact) mass is 503 g/mol. The second-order valence-electron chi connectivity index (χ2n) is 9.28. The first-order valence-corrected chi connectivity index (χ1v) is 11.9. The number of hydrogen-bond donors (Lipinski definition) is 2. The van der Waals surface area contributed by atoms with Crippen molar-refractivity contribution in [2.75, 3.05) is 32.3 Å². The van der Waals surface area contributed by atoms with Crippen molar-refractivity contribution in [3.05, 3.63) is 52.5 Å². The molecule has 0 radical (unpaired) electrons. The fraction of sp³-hybridized carbons (Fsp3) is 0.440. The van der Waals surface area contributed by atoms with E-state index in [-0.39, 0.29) is 18.0 Å². The molecular formula is C25H27ClFN3O5. The van der Waals surface area contributed by atoms with Crippen LogP contribution in [-0.2, 0) is 4.74 Å². The van der Waals surface area contributed by atoms with Gasteiger partial charge in [-0.3, -0.25) is 4.79 Å². The van der Waals surface area contributed by atoms with Gasteiger partial charge in [-0.1, -0.05) is 23.7 Å². The van der Waals surface area contributed by atoms with Crippen molar-refractivity contribution in [3.63, 3.8) is 0 Å². The number of benzene rings is 2. The molecule has 8 nitrogen and oxygen atoms in total. The number of aromatic nitrogens is 1. The zero-order valence-electron chi connectivity index (χ0n) is 19.5. The lowest BCUT2D eigenvalue weighted by Gasteiger charge is -2.55. The van der Waals surface area contributed by atoms with Gasteiger partial charge < -0.3 is 29.2 Å². The predicted molar refractivity (Wildman–Crippen MR) is 129 cm³/mol. The van der Waals surface area contributed by atoms with Crippen LogP contribution in [-0.4, -0.2) is 65.6 Å². The third-order valence-corrected chi connectivity index (χ3v) is 6.99. The predicted octanol–water partition coefficient (Wildman–Crippen LogP) is 4.37. The summed E-state index contributed by atoms with van der Waals surface area (Å²) < 4.78 is 31.0. The molecule has 3 aromatic rings. The van der Waals surface area contributed by atoms with Gasteiger partial charge in [0.15, 0.2) is 11.3 Å². The molecule has 35 heavy (non-hydrogen) atoms. The number of ether oxygens (including phenoxy) is 2. The first-order valence-electron chi connectivity index (χ1n) is 11.5. The van der Waals surface area contributed by atoms with Gasteiger partial charge in [-0.15, -0.1) is 0 Å². The Hall–Kier alpha value is -2.88. The Morgan fingerprint density at radius 1 is 1.40 bits per heavy atom. The van der Waals surface area contributed by atoms with E-state index in [1.807, 2.05) is 6.92 Å². The zero-order valence-corrected chi connectivity index (χ0v) is 20.2. The van der Waals surface area contributed by atoms with Crippen molar-refractivity contribution in [3.8, 4) is 5.75 Å². The maximum Gasteiger partial charge on any atom is 0.296 e. The highest BCUT2D eigenvalue weighted by molar-refractivity contribution is 6.30. The third-order valence-electron chi connectivity index (χ3n) is 6.75. The molecule has 10 heteroatoms. The third kappa shape index (κ3) is 4.44. The van der Waals surface area contributed by atoms with Gasteiger partial charge in [0.25, 0.3) is 11.9 Å². The number of oxazole rings is 1. The van der Waals surface area contributed by atoms with Crippen molar-refractivity contribution < 1.29 is 28.2 Å². The minimum Gasteiger partial charge on any atom is -0.493 e. The molecular weight excluding hydrogens is 477 g/mol. The number of rotatable bonds is 6. The second kappa shape index (κ2) is 9.29. The molecule has 2 fully saturated rings. The van der Waals surface area contributed by atoms with Crippen LogP contribution in [0.2, 0.25) is 5.02 Å². The molecule has 2 aliphatic rings. The molecule has 2 atom stereocenters. The summed E-state index contributed by atoms with van der Waals surface area (Å²) in [7, 11) is 1.48. The number of methoxy groups -OCH3 is 1. The molecule has 1 aliphatic heterocycles. The summed E-state index contributed by atoms with van der Waals surface area (Å²) in [6.07, 6.45) is 0.417. The van der Waals surface area contributed by atoms with Crippen molar-refractivity contribution >= 4 is 34.6 Å². The molecule has 2 N–H and O–H groups in total. The zero-order chi connectivity index (χ0) is 24.7. The Morgan fingerprint density at radius 3 is 2.89 bits per heavy atom. The summed E-state index contributed by atoms with van der Waals surface area (Å²) in [6.45, 7) is 2.03. The van der Waals surface area contributed by atoms with Crippen molar-refractivity contribution in [2.45, 2.75) is 43.6 Å². The number of carbonyl (C=O) groups is 1. The molecule has 1 saturated heterocycles. The van der Waals surface area contributed by atoms with E-state index in [9.17, 15) is 14.3 Å².